The van der Waals surface area contributed by atoms with Crippen molar-refractivity contribution in [2.24, 2.45) is 0 Å². The lowest BCUT2D eigenvalue weighted by Crippen LogP contribution is -2.36. The van der Waals surface area contributed by atoms with E-state index in [-0.39, 0.29) is 23.1 Å². The number of hydrogen-bond donors (Lipinski definition) is 2. The van der Waals surface area contributed by atoms with Crippen LogP contribution in [0.1, 0.15) is 50.5 Å². The molecule has 1 unspecified atom stereocenters. The summed E-state index contributed by atoms with van der Waals surface area (Å²) < 4.78 is 39.7. The molecule has 0 radical (unpaired) electrons. The lowest BCUT2D eigenvalue weighted by Gasteiger charge is -2.15. The molecule has 2 N–H and O–H groups in total. The molecule has 1 aliphatic heterocycles. The molecule has 3 aromatic rings. The van der Waals surface area contributed by atoms with Gasteiger partial charge < -0.3 is 24.6 Å². The zero-order chi connectivity index (χ0) is 26.2. The van der Waals surface area contributed by atoms with Gasteiger partial charge in [0.15, 0.2) is 32.8 Å². The number of nitrogens with zero attached hydrogens (tertiary/aromatic N) is 1. The third kappa shape index (κ3) is 5.21. The Morgan fingerprint density at radius 2 is 1.86 bits per heavy atom. The minimum atomic E-state index is -3.14. The molecule has 2 aromatic heterocycles. The van der Waals surface area contributed by atoms with Gasteiger partial charge >= 0.3 is 0 Å². The van der Waals surface area contributed by atoms with Crippen molar-refractivity contribution in [2.45, 2.75) is 38.1 Å². The average molecular weight is 546 g/mol. The SMILES string of the molecule is COc1ccc(-c2cc(C(=O)Nc3sc4c(c3C(=O)NC3CCS(=O)(=O)C3)CCCC4)no2)cc1OC. The molecule has 0 bridgehead atoms. The highest BCUT2D eigenvalue weighted by Crippen LogP contribution is 2.39. The van der Waals surface area contributed by atoms with Crippen LogP contribution in [0.4, 0.5) is 5.00 Å². The first-order valence-electron chi connectivity index (χ1n) is 11.9. The zero-order valence-corrected chi connectivity index (χ0v) is 22.1. The summed E-state index contributed by atoms with van der Waals surface area (Å²) in [5.41, 5.74) is 2.06. The van der Waals surface area contributed by atoms with Crippen molar-refractivity contribution in [2.75, 3.05) is 31.0 Å². The summed E-state index contributed by atoms with van der Waals surface area (Å²) in [6.45, 7) is 0. The van der Waals surface area contributed by atoms with Gasteiger partial charge in [-0.1, -0.05) is 5.16 Å². The Labute approximate surface area is 218 Å². The van der Waals surface area contributed by atoms with E-state index in [4.69, 9.17) is 14.0 Å². The van der Waals surface area contributed by atoms with E-state index >= 15 is 0 Å². The zero-order valence-electron chi connectivity index (χ0n) is 20.5. The molecular weight excluding hydrogens is 518 g/mol. The molecule has 0 spiro atoms. The Morgan fingerprint density at radius 3 is 2.59 bits per heavy atom. The number of anilines is 1. The summed E-state index contributed by atoms with van der Waals surface area (Å²) in [6, 6.07) is 6.31. The molecule has 1 aromatic carbocycles. The van der Waals surface area contributed by atoms with Crippen LogP contribution in [-0.4, -0.2) is 57.2 Å². The van der Waals surface area contributed by atoms with E-state index in [0.29, 0.717) is 39.8 Å². The molecule has 1 atom stereocenters. The van der Waals surface area contributed by atoms with Crippen molar-refractivity contribution < 1.29 is 32.0 Å². The van der Waals surface area contributed by atoms with Crippen molar-refractivity contribution in [1.29, 1.82) is 0 Å². The molecule has 3 heterocycles. The molecule has 0 saturated carbocycles. The van der Waals surface area contributed by atoms with E-state index in [9.17, 15) is 18.0 Å². The highest BCUT2D eigenvalue weighted by molar-refractivity contribution is 7.91. The van der Waals surface area contributed by atoms with Gasteiger partial charge in [-0.05, 0) is 55.9 Å². The average Bonchev–Trinajstić information content (AvgIpc) is 3.60. The number of ether oxygens (including phenoxy) is 2. The fraction of sp³-hybridized carbons (Fsp3) is 0.400. The number of benzene rings is 1. The maximum Gasteiger partial charge on any atom is 0.278 e. The Balaban J connectivity index is 1.38. The van der Waals surface area contributed by atoms with Crippen molar-refractivity contribution in [3.05, 3.63) is 46.0 Å². The topological polar surface area (TPSA) is 137 Å². The van der Waals surface area contributed by atoms with Crippen LogP contribution in [-0.2, 0) is 22.7 Å². The highest BCUT2D eigenvalue weighted by atomic mass is 32.2. The van der Waals surface area contributed by atoms with Gasteiger partial charge in [-0.3, -0.25) is 9.59 Å². The van der Waals surface area contributed by atoms with Crippen LogP contribution >= 0.6 is 11.3 Å². The van der Waals surface area contributed by atoms with Gasteiger partial charge in [0.05, 0.1) is 31.3 Å². The van der Waals surface area contributed by atoms with Crippen molar-refractivity contribution >= 4 is 38.0 Å². The standard InChI is InChI=1S/C25H27N3O7S2/c1-33-18-8-7-14(11-20(18)34-2)19-12-17(28-35-19)23(29)27-25-22(16-5-3-4-6-21(16)36-25)24(30)26-15-9-10-37(31,32)13-15/h7-8,11-12,15H,3-6,9-10,13H2,1-2H3,(H,26,30)(H,27,29). The van der Waals surface area contributed by atoms with Crippen LogP contribution in [0.25, 0.3) is 11.3 Å². The largest absolute Gasteiger partial charge is 0.493 e. The molecule has 1 saturated heterocycles. The summed E-state index contributed by atoms with van der Waals surface area (Å²) in [4.78, 5) is 27.5. The smallest absolute Gasteiger partial charge is 0.278 e. The van der Waals surface area contributed by atoms with E-state index < -0.39 is 21.8 Å². The number of methoxy groups -OCH3 is 2. The third-order valence-electron chi connectivity index (χ3n) is 6.60. The predicted octanol–water partition coefficient (Wildman–Crippen LogP) is 3.47. The fourth-order valence-corrected chi connectivity index (χ4v) is 7.69. The van der Waals surface area contributed by atoms with Gasteiger partial charge in [-0.25, -0.2) is 8.42 Å². The molecular formula is C25H27N3O7S2. The molecule has 37 heavy (non-hydrogen) atoms. The van der Waals surface area contributed by atoms with Crippen LogP contribution in [0, 0.1) is 0 Å². The van der Waals surface area contributed by atoms with E-state index in [1.807, 2.05) is 0 Å². The summed E-state index contributed by atoms with van der Waals surface area (Å²) in [5.74, 6) is 0.581. The van der Waals surface area contributed by atoms with E-state index in [1.54, 1.807) is 25.3 Å². The molecule has 1 fully saturated rings. The Kier molecular flexibility index (Phi) is 6.95. The minimum absolute atomic E-state index is 0.0596. The number of thiophene rings is 1. The van der Waals surface area contributed by atoms with Gasteiger partial charge in [0, 0.05) is 22.5 Å². The number of amides is 2. The van der Waals surface area contributed by atoms with Crippen LogP contribution < -0.4 is 20.1 Å². The lowest BCUT2D eigenvalue weighted by molar-refractivity contribution is 0.0941. The number of fused-ring (bicyclic) bond motifs is 1. The molecule has 196 valence electrons. The van der Waals surface area contributed by atoms with Gasteiger partial charge in [0.1, 0.15) is 5.00 Å². The Bertz CT molecular complexity index is 1460. The van der Waals surface area contributed by atoms with Crippen molar-refractivity contribution in [1.82, 2.24) is 10.5 Å². The summed E-state index contributed by atoms with van der Waals surface area (Å²) in [5, 5.41) is 10.1. The number of carbonyl (C=O) groups excluding carboxylic acids is 2. The van der Waals surface area contributed by atoms with Gasteiger partial charge in [0.2, 0.25) is 0 Å². The second-order valence-electron chi connectivity index (χ2n) is 9.09. The number of hydrogen-bond acceptors (Lipinski definition) is 9. The van der Waals surface area contributed by atoms with Crippen molar-refractivity contribution in [3.8, 4) is 22.8 Å². The quantitative estimate of drug-likeness (QED) is 0.461. The number of carbonyl (C=O) groups is 2. The summed E-state index contributed by atoms with van der Waals surface area (Å²) in [7, 11) is -0.0656. The predicted molar refractivity (Wildman–Crippen MR) is 138 cm³/mol. The maximum absolute atomic E-state index is 13.3. The number of nitrogens with one attached hydrogen (secondary N) is 2. The molecule has 10 nitrogen and oxygen atoms in total. The minimum Gasteiger partial charge on any atom is -0.493 e. The van der Waals surface area contributed by atoms with Gasteiger partial charge in [-0.15, -0.1) is 11.3 Å². The number of aryl methyl sites for hydroxylation is 1. The maximum atomic E-state index is 13.3. The summed E-state index contributed by atoms with van der Waals surface area (Å²) in [6.07, 6.45) is 3.93. The normalized spacial score (nSPS) is 18.2. The van der Waals surface area contributed by atoms with Gasteiger partial charge in [0.25, 0.3) is 11.8 Å². The van der Waals surface area contributed by atoms with E-state index in [1.165, 1.54) is 24.5 Å². The fourth-order valence-electron chi connectivity index (χ4n) is 4.74. The van der Waals surface area contributed by atoms with Crippen molar-refractivity contribution in [3.63, 3.8) is 0 Å². The number of aromatic nitrogens is 1. The second kappa shape index (κ2) is 10.2. The van der Waals surface area contributed by atoms with Crippen LogP contribution in [0.15, 0.2) is 28.8 Å². The monoisotopic (exact) mass is 545 g/mol. The summed E-state index contributed by atoms with van der Waals surface area (Å²) >= 11 is 1.38. The first-order chi connectivity index (χ1) is 17.8. The Morgan fingerprint density at radius 1 is 1.08 bits per heavy atom. The number of rotatable bonds is 7. The highest BCUT2D eigenvalue weighted by Gasteiger charge is 2.32. The molecule has 2 aliphatic rings. The first-order valence-corrected chi connectivity index (χ1v) is 14.6. The third-order valence-corrected chi connectivity index (χ3v) is 9.58. The Hall–Kier alpha value is -3.38. The van der Waals surface area contributed by atoms with Crippen LogP contribution in [0.5, 0.6) is 11.5 Å². The number of sulfone groups is 1. The van der Waals surface area contributed by atoms with E-state index in [0.717, 1.165) is 36.1 Å². The molecule has 1 aliphatic carbocycles. The van der Waals surface area contributed by atoms with Crippen LogP contribution in [0.2, 0.25) is 0 Å². The van der Waals surface area contributed by atoms with Crippen LogP contribution in [0.3, 0.4) is 0 Å². The molecule has 5 rings (SSSR count). The second-order valence-corrected chi connectivity index (χ2v) is 12.4. The molecule has 2 amide bonds. The first kappa shape index (κ1) is 25.3. The van der Waals surface area contributed by atoms with Gasteiger partial charge in [-0.2, -0.15) is 0 Å². The molecule has 12 heteroatoms. The van der Waals surface area contributed by atoms with E-state index in [2.05, 4.69) is 15.8 Å². The lowest BCUT2D eigenvalue weighted by atomic mass is 9.95.